The van der Waals surface area contributed by atoms with Crippen molar-refractivity contribution in [3.63, 3.8) is 0 Å². The predicted octanol–water partition coefficient (Wildman–Crippen LogP) is 4.66. The van der Waals surface area contributed by atoms with Gasteiger partial charge in [0.15, 0.2) is 0 Å². The van der Waals surface area contributed by atoms with Crippen molar-refractivity contribution in [3.8, 4) is 5.75 Å². The number of hydrogen-bond donors (Lipinski definition) is 1. The summed E-state index contributed by atoms with van der Waals surface area (Å²) in [5, 5.41) is 8.36. The molecule has 1 atom stereocenters. The number of anilines is 1. The lowest BCUT2D eigenvalue weighted by Crippen LogP contribution is -2.45. The minimum atomic E-state index is -0.891. The molecule has 0 radical (unpaired) electrons. The highest BCUT2D eigenvalue weighted by molar-refractivity contribution is 6.12. The molecular formula is C28H35N3O5. The molecule has 2 aromatic carbocycles. The fourth-order valence-corrected chi connectivity index (χ4v) is 3.60. The van der Waals surface area contributed by atoms with E-state index in [0.717, 1.165) is 17.0 Å². The summed E-state index contributed by atoms with van der Waals surface area (Å²) in [6, 6.07) is 13.1. The van der Waals surface area contributed by atoms with E-state index >= 15 is 0 Å². The fourth-order valence-electron chi connectivity index (χ4n) is 3.60. The lowest BCUT2D eigenvalue weighted by Gasteiger charge is -2.25. The first kappa shape index (κ1) is 26.9. The molecule has 1 aliphatic rings. The van der Waals surface area contributed by atoms with Crippen LogP contribution in [-0.2, 0) is 20.7 Å². The molecule has 0 saturated carbocycles. The summed E-state index contributed by atoms with van der Waals surface area (Å²) >= 11 is 0. The number of amides is 2. The van der Waals surface area contributed by atoms with Gasteiger partial charge in [0.25, 0.3) is 11.8 Å². The molecule has 0 fully saturated rings. The highest BCUT2D eigenvalue weighted by Crippen LogP contribution is 2.22. The smallest absolute Gasteiger partial charge is 0.329 e. The average molecular weight is 494 g/mol. The van der Waals surface area contributed by atoms with E-state index in [-0.39, 0.29) is 24.3 Å². The molecule has 0 saturated heterocycles. The Hall–Kier alpha value is -3.68. The van der Waals surface area contributed by atoms with Gasteiger partial charge in [-0.05, 0) is 90.4 Å². The van der Waals surface area contributed by atoms with Gasteiger partial charge >= 0.3 is 5.97 Å². The van der Waals surface area contributed by atoms with Crippen LogP contribution in [0.25, 0.3) is 0 Å². The Bertz CT molecular complexity index is 1140. The Morgan fingerprint density at radius 2 is 1.58 bits per heavy atom. The van der Waals surface area contributed by atoms with Gasteiger partial charge in [-0.25, -0.2) is 9.80 Å². The van der Waals surface area contributed by atoms with Crippen LogP contribution in [-0.4, -0.2) is 40.7 Å². The van der Waals surface area contributed by atoms with Crippen LogP contribution in [0.3, 0.4) is 0 Å². The third-order valence-electron chi connectivity index (χ3n) is 5.07. The van der Waals surface area contributed by atoms with Crippen molar-refractivity contribution < 1.29 is 23.9 Å². The molecule has 8 heteroatoms. The zero-order chi connectivity index (χ0) is 26.7. The van der Waals surface area contributed by atoms with Crippen LogP contribution in [0.2, 0.25) is 0 Å². The fraction of sp³-hybridized carbons (Fsp3) is 0.429. The molecule has 8 nitrogen and oxygen atoms in total. The molecule has 1 unspecified atom stereocenters. The van der Waals surface area contributed by atoms with E-state index in [9.17, 15) is 14.4 Å². The summed E-state index contributed by atoms with van der Waals surface area (Å²) in [4.78, 5) is 38.1. The van der Waals surface area contributed by atoms with Crippen LogP contribution in [0.5, 0.6) is 5.75 Å². The highest BCUT2D eigenvalue weighted by atomic mass is 16.6. The van der Waals surface area contributed by atoms with E-state index in [4.69, 9.17) is 9.47 Å². The van der Waals surface area contributed by atoms with Crippen molar-refractivity contribution in [2.45, 2.75) is 78.6 Å². The summed E-state index contributed by atoms with van der Waals surface area (Å²) < 4.78 is 11.4. The molecule has 0 aromatic heterocycles. The molecule has 2 amide bonds. The van der Waals surface area contributed by atoms with Gasteiger partial charge in [0.1, 0.15) is 23.0 Å². The lowest BCUT2D eigenvalue weighted by atomic mass is 10.0. The molecule has 0 bridgehead atoms. The maximum atomic E-state index is 13.0. The van der Waals surface area contributed by atoms with E-state index in [1.807, 2.05) is 45.0 Å². The Kier molecular flexibility index (Phi) is 7.86. The van der Waals surface area contributed by atoms with Crippen molar-refractivity contribution in [1.82, 2.24) is 5.32 Å². The minimum absolute atomic E-state index is 0.117. The zero-order valence-corrected chi connectivity index (χ0v) is 22.0. The Labute approximate surface area is 212 Å². The first-order valence-electron chi connectivity index (χ1n) is 12.0. The normalized spacial score (nSPS) is 14.8. The molecule has 2 aromatic rings. The van der Waals surface area contributed by atoms with Crippen molar-refractivity contribution in [1.29, 1.82) is 0 Å². The van der Waals surface area contributed by atoms with Crippen LogP contribution >= 0.6 is 0 Å². The van der Waals surface area contributed by atoms with E-state index in [1.165, 1.54) is 5.01 Å². The van der Waals surface area contributed by atoms with E-state index in [0.29, 0.717) is 11.3 Å². The topological polar surface area (TPSA) is 97.3 Å². The van der Waals surface area contributed by atoms with Gasteiger partial charge in [0.2, 0.25) is 0 Å². The average Bonchev–Trinajstić information content (AvgIpc) is 3.10. The van der Waals surface area contributed by atoms with Crippen LogP contribution in [0, 0.1) is 0 Å². The first-order chi connectivity index (χ1) is 16.7. The van der Waals surface area contributed by atoms with Gasteiger partial charge in [-0.1, -0.05) is 12.1 Å². The SMILES string of the molecule is CC1=NN(c2ccc(C(=O)NC(Cc3ccc(OC(C)(C)C)cc3)C(=O)OC(C)(C)C)cc2)C(=O)C1. The van der Waals surface area contributed by atoms with Crippen molar-refractivity contribution in [3.05, 3.63) is 59.7 Å². The number of rotatable bonds is 7. The number of carbonyl (C=O) groups excluding carboxylic acids is 3. The van der Waals surface area contributed by atoms with Gasteiger partial charge in [0, 0.05) is 17.7 Å². The van der Waals surface area contributed by atoms with Crippen molar-refractivity contribution >= 4 is 29.2 Å². The standard InChI is InChI=1S/C28H35N3O5/c1-18-16-24(32)31(30-18)21-12-10-20(11-13-21)25(33)29-23(26(34)36-28(5,6)7)17-19-8-14-22(15-9-19)35-27(2,3)4/h8-15,23H,16-17H2,1-7H3,(H,29,33). The number of esters is 1. The second kappa shape index (κ2) is 10.5. The third-order valence-corrected chi connectivity index (χ3v) is 5.07. The van der Waals surface area contributed by atoms with E-state index in [1.54, 1.807) is 52.0 Å². The summed E-state index contributed by atoms with van der Waals surface area (Å²) in [7, 11) is 0. The molecule has 192 valence electrons. The maximum Gasteiger partial charge on any atom is 0.329 e. The van der Waals surface area contributed by atoms with Crippen molar-refractivity contribution in [2.24, 2.45) is 5.10 Å². The van der Waals surface area contributed by atoms with Crippen LogP contribution in [0.4, 0.5) is 5.69 Å². The maximum absolute atomic E-state index is 13.0. The summed E-state index contributed by atoms with van der Waals surface area (Å²) in [5.41, 5.74) is 1.50. The quantitative estimate of drug-likeness (QED) is 0.566. The molecule has 1 heterocycles. The second-order valence-corrected chi connectivity index (χ2v) is 10.9. The minimum Gasteiger partial charge on any atom is -0.488 e. The van der Waals surface area contributed by atoms with E-state index in [2.05, 4.69) is 10.4 Å². The Balaban J connectivity index is 1.75. The summed E-state index contributed by atoms with van der Waals surface area (Å²) in [5.74, 6) is -0.332. The second-order valence-electron chi connectivity index (χ2n) is 10.9. The zero-order valence-electron chi connectivity index (χ0n) is 22.0. The molecule has 36 heavy (non-hydrogen) atoms. The molecule has 0 aliphatic carbocycles. The van der Waals surface area contributed by atoms with Crippen LogP contribution < -0.4 is 15.1 Å². The lowest BCUT2D eigenvalue weighted by molar-refractivity contribution is -0.157. The number of hydrogen-bond acceptors (Lipinski definition) is 6. The molecule has 1 aliphatic heterocycles. The van der Waals surface area contributed by atoms with Crippen LogP contribution in [0.1, 0.15) is 70.8 Å². The third kappa shape index (κ3) is 7.66. The monoisotopic (exact) mass is 493 g/mol. The number of benzene rings is 2. The van der Waals surface area contributed by atoms with Crippen molar-refractivity contribution in [2.75, 3.05) is 5.01 Å². The number of carbonyl (C=O) groups is 3. The predicted molar refractivity (Wildman–Crippen MR) is 139 cm³/mol. The molecular weight excluding hydrogens is 458 g/mol. The Morgan fingerprint density at radius 1 is 0.972 bits per heavy atom. The summed E-state index contributed by atoms with van der Waals surface area (Å²) in [6.07, 6.45) is 0.536. The van der Waals surface area contributed by atoms with E-state index < -0.39 is 23.5 Å². The van der Waals surface area contributed by atoms with Gasteiger partial charge in [0.05, 0.1) is 12.1 Å². The number of nitrogens with one attached hydrogen (secondary N) is 1. The molecule has 0 spiro atoms. The van der Waals surface area contributed by atoms with Crippen LogP contribution in [0.15, 0.2) is 53.6 Å². The highest BCUT2D eigenvalue weighted by Gasteiger charge is 2.28. The van der Waals surface area contributed by atoms with Gasteiger partial charge in [-0.2, -0.15) is 5.10 Å². The van der Waals surface area contributed by atoms with Gasteiger partial charge in [-0.3, -0.25) is 9.59 Å². The number of hydrazone groups is 1. The Morgan fingerprint density at radius 3 is 2.08 bits per heavy atom. The van der Waals surface area contributed by atoms with Gasteiger partial charge in [-0.15, -0.1) is 0 Å². The van der Waals surface area contributed by atoms with Gasteiger partial charge < -0.3 is 14.8 Å². The summed E-state index contributed by atoms with van der Waals surface area (Å²) in [6.45, 7) is 13.1. The first-order valence-corrected chi connectivity index (χ1v) is 12.0. The number of ether oxygens (including phenoxy) is 2. The largest absolute Gasteiger partial charge is 0.488 e. The number of nitrogens with zero attached hydrogens (tertiary/aromatic N) is 2. The molecule has 3 rings (SSSR count). The molecule has 1 N–H and O–H groups in total.